The number of carboxylic acid groups (broad SMARTS) is 1. The molecule has 0 spiro atoms. The SMILES string of the molecule is COc1cc(C)c(Cl)c(C)c1C1(C(=O)O)CCC1. The van der Waals surface area contributed by atoms with Gasteiger partial charge in [0.15, 0.2) is 0 Å². The lowest BCUT2D eigenvalue weighted by Crippen LogP contribution is -2.43. The van der Waals surface area contributed by atoms with Gasteiger partial charge in [-0.25, -0.2) is 0 Å². The molecule has 1 aromatic rings. The largest absolute Gasteiger partial charge is 0.496 e. The summed E-state index contributed by atoms with van der Waals surface area (Å²) in [5.41, 5.74) is 1.68. The number of hydrogen-bond donors (Lipinski definition) is 1. The van der Waals surface area contributed by atoms with E-state index in [4.69, 9.17) is 16.3 Å². The first kappa shape index (κ1) is 13.2. The van der Waals surface area contributed by atoms with Crippen molar-refractivity contribution in [1.82, 2.24) is 0 Å². The Balaban J connectivity index is 2.70. The van der Waals surface area contributed by atoms with Crippen molar-refractivity contribution < 1.29 is 14.6 Å². The first-order valence-electron chi connectivity index (χ1n) is 6.01. The first-order chi connectivity index (χ1) is 8.44. The number of hydrogen-bond acceptors (Lipinski definition) is 2. The average molecular weight is 269 g/mol. The summed E-state index contributed by atoms with van der Waals surface area (Å²) in [4.78, 5) is 11.6. The summed E-state index contributed by atoms with van der Waals surface area (Å²) in [7, 11) is 1.57. The Bertz CT molecular complexity index is 504. The third kappa shape index (κ3) is 1.69. The number of aryl methyl sites for hydroxylation is 1. The number of halogens is 1. The summed E-state index contributed by atoms with van der Waals surface area (Å²) >= 11 is 6.26. The zero-order valence-electron chi connectivity index (χ0n) is 10.8. The Morgan fingerprint density at radius 1 is 1.44 bits per heavy atom. The zero-order valence-corrected chi connectivity index (χ0v) is 11.6. The highest BCUT2D eigenvalue weighted by Gasteiger charge is 2.49. The fourth-order valence-corrected chi connectivity index (χ4v) is 2.93. The molecular weight excluding hydrogens is 252 g/mol. The van der Waals surface area contributed by atoms with Crippen LogP contribution in [0, 0.1) is 13.8 Å². The lowest BCUT2D eigenvalue weighted by molar-refractivity contribution is -0.147. The van der Waals surface area contributed by atoms with Crippen LogP contribution in [0.15, 0.2) is 6.07 Å². The Morgan fingerprint density at radius 3 is 2.44 bits per heavy atom. The van der Waals surface area contributed by atoms with Crippen molar-refractivity contribution in [2.75, 3.05) is 7.11 Å². The second-order valence-corrected chi connectivity index (χ2v) is 5.33. The van der Waals surface area contributed by atoms with E-state index < -0.39 is 11.4 Å². The minimum Gasteiger partial charge on any atom is -0.496 e. The average Bonchev–Trinajstić information content (AvgIpc) is 2.26. The molecule has 0 heterocycles. The molecular formula is C14H17ClO3. The summed E-state index contributed by atoms with van der Waals surface area (Å²) in [6.07, 6.45) is 2.23. The van der Waals surface area contributed by atoms with Crippen LogP contribution in [0.3, 0.4) is 0 Å². The number of carbonyl (C=O) groups is 1. The van der Waals surface area contributed by atoms with Gasteiger partial charge in [0.1, 0.15) is 5.75 Å². The summed E-state index contributed by atoms with van der Waals surface area (Å²) in [5.74, 6) is -0.147. The predicted molar refractivity (Wildman–Crippen MR) is 70.6 cm³/mol. The molecule has 1 aliphatic rings. The number of rotatable bonds is 3. The van der Waals surface area contributed by atoms with E-state index >= 15 is 0 Å². The van der Waals surface area contributed by atoms with Gasteiger partial charge in [0.2, 0.25) is 0 Å². The van der Waals surface area contributed by atoms with Crippen molar-refractivity contribution in [2.45, 2.75) is 38.5 Å². The van der Waals surface area contributed by atoms with E-state index in [1.54, 1.807) is 7.11 Å². The molecule has 1 fully saturated rings. The van der Waals surface area contributed by atoms with Gasteiger partial charge in [0.25, 0.3) is 0 Å². The molecule has 0 atom stereocenters. The summed E-state index contributed by atoms with van der Waals surface area (Å²) < 4.78 is 5.37. The number of carboxylic acids is 1. The monoisotopic (exact) mass is 268 g/mol. The van der Waals surface area contributed by atoms with Crippen LogP contribution in [0.25, 0.3) is 0 Å². The third-order valence-electron chi connectivity index (χ3n) is 3.96. The van der Waals surface area contributed by atoms with E-state index in [1.807, 2.05) is 19.9 Å². The Kier molecular flexibility index (Phi) is 3.28. The molecule has 0 amide bonds. The molecule has 0 radical (unpaired) electrons. The van der Waals surface area contributed by atoms with Crippen LogP contribution in [0.5, 0.6) is 5.75 Å². The van der Waals surface area contributed by atoms with Crippen molar-refractivity contribution in [1.29, 1.82) is 0 Å². The topological polar surface area (TPSA) is 46.5 Å². The molecule has 1 saturated carbocycles. The Hall–Kier alpha value is -1.22. The van der Waals surface area contributed by atoms with E-state index in [0.717, 1.165) is 23.1 Å². The highest BCUT2D eigenvalue weighted by atomic mass is 35.5. The van der Waals surface area contributed by atoms with Crippen molar-refractivity contribution >= 4 is 17.6 Å². The quantitative estimate of drug-likeness (QED) is 0.913. The van der Waals surface area contributed by atoms with Gasteiger partial charge >= 0.3 is 5.97 Å². The van der Waals surface area contributed by atoms with E-state index in [2.05, 4.69) is 0 Å². The smallest absolute Gasteiger partial charge is 0.314 e. The third-order valence-corrected chi connectivity index (χ3v) is 4.54. The molecule has 0 saturated heterocycles. The summed E-state index contributed by atoms with van der Waals surface area (Å²) in [5, 5.41) is 10.2. The highest BCUT2D eigenvalue weighted by molar-refractivity contribution is 6.32. The van der Waals surface area contributed by atoms with Crippen molar-refractivity contribution in [2.24, 2.45) is 0 Å². The second kappa shape index (κ2) is 4.47. The minimum atomic E-state index is -0.813. The number of methoxy groups -OCH3 is 1. The molecule has 0 aliphatic heterocycles. The Morgan fingerprint density at radius 2 is 2.06 bits per heavy atom. The maximum atomic E-state index is 11.6. The van der Waals surface area contributed by atoms with Gasteiger partial charge in [-0.05, 0) is 43.9 Å². The van der Waals surface area contributed by atoms with Gasteiger partial charge in [-0.15, -0.1) is 0 Å². The van der Waals surface area contributed by atoms with E-state index in [-0.39, 0.29) is 0 Å². The van der Waals surface area contributed by atoms with Gasteiger partial charge in [-0.2, -0.15) is 0 Å². The fraction of sp³-hybridized carbons (Fsp3) is 0.500. The molecule has 98 valence electrons. The van der Waals surface area contributed by atoms with Gasteiger partial charge in [-0.1, -0.05) is 18.0 Å². The van der Waals surface area contributed by atoms with Gasteiger partial charge in [-0.3, -0.25) is 4.79 Å². The van der Waals surface area contributed by atoms with Gasteiger partial charge in [0.05, 0.1) is 12.5 Å². The number of benzene rings is 1. The molecule has 1 aliphatic carbocycles. The maximum absolute atomic E-state index is 11.6. The van der Waals surface area contributed by atoms with E-state index in [1.165, 1.54) is 0 Å². The molecule has 2 rings (SSSR count). The van der Waals surface area contributed by atoms with E-state index in [0.29, 0.717) is 23.6 Å². The normalized spacial score (nSPS) is 17.1. The molecule has 18 heavy (non-hydrogen) atoms. The standard InChI is InChI=1S/C14H17ClO3/c1-8-7-10(18-3)11(9(2)12(8)15)14(13(16)17)5-4-6-14/h7H,4-6H2,1-3H3,(H,16,17). The maximum Gasteiger partial charge on any atom is 0.314 e. The predicted octanol–water partition coefficient (Wildman–Crippen LogP) is 3.47. The van der Waals surface area contributed by atoms with Crippen LogP contribution in [0.4, 0.5) is 0 Å². The summed E-state index contributed by atoms with van der Waals surface area (Å²) in [6.45, 7) is 3.77. The molecule has 0 bridgehead atoms. The van der Waals surface area contributed by atoms with Crippen LogP contribution in [0.2, 0.25) is 5.02 Å². The highest BCUT2D eigenvalue weighted by Crippen LogP contribution is 2.50. The number of ether oxygens (including phenoxy) is 1. The van der Waals surface area contributed by atoms with E-state index in [9.17, 15) is 9.90 Å². The van der Waals surface area contributed by atoms with Crippen LogP contribution < -0.4 is 4.74 Å². The number of aliphatic carboxylic acids is 1. The van der Waals surface area contributed by atoms with Crippen LogP contribution in [0.1, 0.15) is 36.0 Å². The lowest BCUT2D eigenvalue weighted by atomic mass is 9.63. The molecule has 3 nitrogen and oxygen atoms in total. The van der Waals surface area contributed by atoms with Crippen LogP contribution in [-0.4, -0.2) is 18.2 Å². The van der Waals surface area contributed by atoms with Gasteiger partial charge in [0, 0.05) is 10.6 Å². The molecule has 0 aromatic heterocycles. The Labute approximate surface area is 112 Å². The first-order valence-corrected chi connectivity index (χ1v) is 6.39. The van der Waals surface area contributed by atoms with Crippen LogP contribution >= 0.6 is 11.6 Å². The molecule has 1 N–H and O–H groups in total. The van der Waals surface area contributed by atoms with Gasteiger partial charge < -0.3 is 9.84 Å². The lowest BCUT2D eigenvalue weighted by Gasteiger charge is -2.40. The van der Waals surface area contributed by atoms with Crippen molar-refractivity contribution in [3.8, 4) is 5.75 Å². The molecule has 1 aromatic carbocycles. The van der Waals surface area contributed by atoms with Crippen molar-refractivity contribution in [3.63, 3.8) is 0 Å². The zero-order chi connectivity index (χ0) is 13.5. The minimum absolute atomic E-state index is 0.636. The fourth-order valence-electron chi connectivity index (χ4n) is 2.78. The molecule has 0 unspecified atom stereocenters. The van der Waals surface area contributed by atoms with Crippen molar-refractivity contribution in [3.05, 3.63) is 27.8 Å². The van der Waals surface area contributed by atoms with Crippen LogP contribution in [-0.2, 0) is 10.2 Å². The molecule has 4 heteroatoms. The summed E-state index contributed by atoms with van der Waals surface area (Å²) in [6, 6.07) is 1.83. The second-order valence-electron chi connectivity index (χ2n) is 4.95.